The Kier molecular flexibility index (Phi) is 6.43. The minimum Gasteiger partial charge on any atom is -0.482 e. The number of rotatable bonds is 7. The third kappa shape index (κ3) is 5.31. The van der Waals surface area contributed by atoms with Gasteiger partial charge in [0.25, 0.3) is 5.91 Å². The van der Waals surface area contributed by atoms with Crippen LogP contribution in [-0.2, 0) is 20.8 Å². The number of fused-ring (bicyclic) bond motifs is 1. The van der Waals surface area contributed by atoms with Crippen LogP contribution in [0.25, 0.3) is 0 Å². The number of amides is 3. The third-order valence-electron chi connectivity index (χ3n) is 4.34. The van der Waals surface area contributed by atoms with Crippen LogP contribution in [0.5, 0.6) is 5.75 Å². The van der Waals surface area contributed by atoms with Crippen molar-refractivity contribution in [1.29, 1.82) is 0 Å². The number of ether oxygens (including phenoxy) is 1. The predicted octanol–water partition coefficient (Wildman–Crippen LogP) is 2.26. The average Bonchev–Trinajstić information content (AvgIpc) is 2.70. The summed E-state index contributed by atoms with van der Waals surface area (Å²) >= 11 is 0. The monoisotopic (exact) mass is 399 g/mol. The molecule has 0 radical (unpaired) electrons. The van der Waals surface area contributed by atoms with E-state index in [1.807, 2.05) is 6.92 Å². The normalized spacial score (nSPS) is 12.8. The fraction of sp³-hybridized carbons (Fsp3) is 0.286. The molecule has 2 aromatic carbocycles. The second-order valence-corrected chi connectivity index (χ2v) is 6.65. The molecule has 0 saturated heterocycles. The molecule has 0 unspecified atom stereocenters. The Morgan fingerprint density at radius 3 is 2.62 bits per heavy atom. The van der Waals surface area contributed by atoms with Crippen LogP contribution in [0.15, 0.2) is 42.5 Å². The molecule has 152 valence electrons. The zero-order chi connectivity index (χ0) is 20.8. The number of anilines is 2. The van der Waals surface area contributed by atoms with Crippen molar-refractivity contribution in [2.45, 2.75) is 19.8 Å². The van der Waals surface area contributed by atoms with Gasteiger partial charge < -0.3 is 15.4 Å². The number of benzene rings is 2. The molecule has 0 spiro atoms. The van der Waals surface area contributed by atoms with E-state index in [4.69, 9.17) is 4.74 Å². The molecule has 3 amide bonds. The SMILES string of the molecule is CCCNC(=O)CN1C(=O)COc2ccc(NC(=O)Cc3ccc(F)cc3)cc21. The average molecular weight is 399 g/mol. The first-order valence-corrected chi connectivity index (χ1v) is 9.34. The molecule has 1 aliphatic heterocycles. The molecule has 2 aromatic rings. The minimum absolute atomic E-state index is 0.0793. The summed E-state index contributed by atoms with van der Waals surface area (Å²) in [5.41, 5.74) is 1.57. The Morgan fingerprint density at radius 2 is 1.90 bits per heavy atom. The van der Waals surface area contributed by atoms with E-state index < -0.39 is 0 Å². The summed E-state index contributed by atoms with van der Waals surface area (Å²) in [5, 5.41) is 5.49. The Hall–Kier alpha value is -3.42. The number of carbonyl (C=O) groups excluding carboxylic acids is 3. The smallest absolute Gasteiger partial charge is 0.265 e. The first kappa shape index (κ1) is 20.3. The van der Waals surface area contributed by atoms with Gasteiger partial charge in [0.05, 0.1) is 12.1 Å². The lowest BCUT2D eigenvalue weighted by molar-refractivity contribution is -0.125. The van der Waals surface area contributed by atoms with Crippen LogP contribution in [0.3, 0.4) is 0 Å². The number of carbonyl (C=O) groups is 3. The Morgan fingerprint density at radius 1 is 1.14 bits per heavy atom. The zero-order valence-corrected chi connectivity index (χ0v) is 16.0. The molecule has 2 N–H and O–H groups in total. The molecular formula is C21H22FN3O4. The lowest BCUT2D eigenvalue weighted by Gasteiger charge is -2.29. The summed E-state index contributed by atoms with van der Waals surface area (Å²) in [6, 6.07) is 10.6. The molecule has 8 heteroatoms. The maximum Gasteiger partial charge on any atom is 0.265 e. The minimum atomic E-state index is -0.364. The molecule has 1 heterocycles. The summed E-state index contributed by atoms with van der Waals surface area (Å²) in [5.74, 6) is -0.786. The highest BCUT2D eigenvalue weighted by molar-refractivity contribution is 6.03. The van der Waals surface area contributed by atoms with Crippen LogP contribution in [0, 0.1) is 5.82 Å². The lowest BCUT2D eigenvalue weighted by Crippen LogP contribution is -2.45. The molecule has 0 saturated carbocycles. The van der Waals surface area contributed by atoms with Gasteiger partial charge in [0, 0.05) is 12.2 Å². The molecule has 1 aliphatic rings. The van der Waals surface area contributed by atoms with Gasteiger partial charge in [-0.1, -0.05) is 19.1 Å². The fourth-order valence-corrected chi connectivity index (χ4v) is 2.91. The molecule has 0 aromatic heterocycles. The van der Waals surface area contributed by atoms with E-state index in [0.717, 1.165) is 6.42 Å². The third-order valence-corrected chi connectivity index (χ3v) is 4.34. The van der Waals surface area contributed by atoms with Gasteiger partial charge in [-0.2, -0.15) is 0 Å². The zero-order valence-electron chi connectivity index (χ0n) is 16.0. The van der Waals surface area contributed by atoms with E-state index in [1.54, 1.807) is 30.3 Å². The molecule has 7 nitrogen and oxygen atoms in total. The van der Waals surface area contributed by atoms with Gasteiger partial charge in [0.15, 0.2) is 6.61 Å². The summed E-state index contributed by atoms with van der Waals surface area (Å²) in [6.45, 7) is 2.20. The van der Waals surface area contributed by atoms with Gasteiger partial charge in [-0.05, 0) is 42.3 Å². The van der Waals surface area contributed by atoms with Crippen molar-refractivity contribution in [3.8, 4) is 5.75 Å². The van der Waals surface area contributed by atoms with Gasteiger partial charge in [-0.3, -0.25) is 19.3 Å². The quantitative estimate of drug-likeness (QED) is 0.748. The van der Waals surface area contributed by atoms with Crippen LogP contribution in [0.1, 0.15) is 18.9 Å². The lowest BCUT2D eigenvalue weighted by atomic mass is 10.1. The first-order chi connectivity index (χ1) is 14.0. The summed E-state index contributed by atoms with van der Waals surface area (Å²) < 4.78 is 18.4. The van der Waals surface area contributed by atoms with E-state index >= 15 is 0 Å². The van der Waals surface area contributed by atoms with Crippen LogP contribution in [-0.4, -0.2) is 37.4 Å². The highest BCUT2D eigenvalue weighted by Crippen LogP contribution is 2.34. The van der Waals surface area contributed by atoms with Crippen molar-refractivity contribution in [2.24, 2.45) is 0 Å². The van der Waals surface area contributed by atoms with Crippen molar-refractivity contribution in [2.75, 3.05) is 29.9 Å². The number of nitrogens with zero attached hydrogens (tertiary/aromatic N) is 1. The van der Waals surface area contributed by atoms with Gasteiger partial charge >= 0.3 is 0 Å². The van der Waals surface area contributed by atoms with Crippen LogP contribution < -0.4 is 20.3 Å². The molecule has 29 heavy (non-hydrogen) atoms. The number of nitrogens with one attached hydrogen (secondary N) is 2. The fourth-order valence-electron chi connectivity index (χ4n) is 2.91. The van der Waals surface area contributed by atoms with Gasteiger partial charge in [-0.25, -0.2) is 4.39 Å². The van der Waals surface area contributed by atoms with Gasteiger partial charge in [0.1, 0.15) is 18.1 Å². The summed E-state index contributed by atoms with van der Waals surface area (Å²) in [4.78, 5) is 38.0. The van der Waals surface area contributed by atoms with Crippen molar-refractivity contribution < 1.29 is 23.5 Å². The number of hydrogen-bond donors (Lipinski definition) is 2. The van der Waals surface area contributed by atoms with Gasteiger partial charge in [0.2, 0.25) is 11.8 Å². The molecule has 0 aliphatic carbocycles. The highest BCUT2D eigenvalue weighted by atomic mass is 19.1. The Bertz CT molecular complexity index is 915. The van der Waals surface area contributed by atoms with Crippen molar-refractivity contribution >= 4 is 29.1 Å². The van der Waals surface area contributed by atoms with E-state index in [9.17, 15) is 18.8 Å². The van der Waals surface area contributed by atoms with Crippen molar-refractivity contribution in [1.82, 2.24) is 5.32 Å². The molecular weight excluding hydrogens is 377 g/mol. The summed E-state index contributed by atoms with van der Waals surface area (Å²) in [7, 11) is 0. The van der Waals surface area contributed by atoms with E-state index in [2.05, 4.69) is 10.6 Å². The maximum atomic E-state index is 13.0. The second-order valence-electron chi connectivity index (χ2n) is 6.65. The number of halogens is 1. The highest BCUT2D eigenvalue weighted by Gasteiger charge is 2.27. The largest absolute Gasteiger partial charge is 0.482 e. The molecule has 0 atom stereocenters. The van der Waals surface area contributed by atoms with E-state index in [0.29, 0.717) is 29.2 Å². The van der Waals surface area contributed by atoms with Crippen molar-refractivity contribution in [3.63, 3.8) is 0 Å². The molecule has 0 bridgehead atoms. The standard InChI is InChI=1S/C21H22FN3O4/c1-2-9-23-20(27)12-25-17-11-16(7-8-18(17)29-13-21(25)28)24-19(26)10-14-3-5-15(22)6-4-14/h3-8,11H,2,9-10,12-13H2,1H3,(H,23,27)(H,24,26). The van der Waals surface area contributed by atoms with Crippen LogP contribution >= 0.6 is 0 Å². The topological polar surface area (TPSA) is 87.7 Å². The van der Waals surface area contributed by atoms with E-state index in [1.165, 1.54) is 17.0 Å². The molecule has 0 fully saturated rings. The molecule has 3 rings (SSSR count). The van der Waals surface area contributed by atoms with Crippen LogP contribution in [0.2, 0.25) is 0 Å². The van der Waals surface area contributed by atoms with Crippen molar-refractivity contribution in [3.05, 3.63) is 53.8 Å². The van der Waals surface area contributed by atoms with Gasteiger partial charge in [-0.15, -0.1) is 0 Å². The Balaban J connectivity index is 1.72. The predicted molar refractivity (Wildman–Crippen MR) is 106 cm³/mol. The van der Waals surface area contributed by atoms with E-state index in [-0.39, 0.29) is 43.1 Å². The maximum absolute atomic E-state index is 13.0. The number of hydrogen-bond acceptors (Lipinski definition) is 4. The second kappa shape index (κ2) is 9.18. The summed E-state index contributed by atoms with van der Waals surface area (Å²) in [6.07, 6.45) is 0.875. The van der Waals surface area contributed by atoms with Crippen LogP contribution in [0.4, 0.5) is 15.8 Å². The Labute approximate surface area is 167 Å². The first-order valence-electron chi connectivity index (χ1n) is 9.34.